The minimum Gasteiger partial charge on any atom is -0.288 e. The molecule has 2 rings (SSSR count). The largest absolute Gasteiger partial charge is 0.288 e. The summed E-state index contributed by atoms with van der Waals surface area (Å²) < 4.78 is 0. The smallest absolute Gasteiger partial charge is 0.186 e. The van der Waals surface area contributed by atoms with Crippen LogP contribution in [0, 0.1) is 0 Å². The van der Waals surface area contributed by atoms with Crippen LogP contribution >= 0.6 is 11.8 Å². The fourth-order valence-electron chi connectivity index (χ4n) is 2.50. The number of thioether (sulfide) groups is 1. The van der Waals surface area contributed by atoms with Crippen LogP contribution in [-0.2, 0) is 11.2 Å². The van der Waals surface area contributed by atoms with Crippen LogP contribution in [0.15, 0.2) is 36.4 Å². The van der Waals surface area contributed by atoms with Gasteiger partial charge in [0.05, 0.1) is 5.52 Å². The van der Waals surface area contributed by atoms with Crippen LogP contribution in [-0.4, -0.2) is 15.3 Å². The highest BCUT2D eigenvalue weighted by Gasteiger charge is 2.05. The molecule has 1 atom stereocenters. The lowest BCUT2D eigenvalue weighted by Gasteiger charge is -2.08. The molecule has 0 N–H and O–H groups in total. The number of fused-ring (bicyclic) bond motifs is 1. The number of aryl methyl sites for hydroxylation is 1. The number of hydrogen-bond donors (Lipinski definition) is 0. The molecule has 1 heterocycles. The van der Waals surface area contributed by atoms with E-state index in [9.17, 15) is 4.79 Å². The average molecular weight is 301 g/mol. The predicted octanol–water partition coefficient (Wildman–Crippen LogP) is 5.01. The Morgan fingerprint density at radius 2 is 1.95 bits per heavy atom. The minimum absolute atomic E-state index is 0.225. The summed E-state index contributed by atoms with van der Waals surface area (Å²) in [6.45, 7) is 3.78. The Bertz CT molecular complexity index is 597. The monoisotopic (exact) mass is 301 g/mol. The molecule has 0 aliphatic carbocycles. The van der Waals surface area contributed by atoms with Gasteiger partial charge in [-0.25, -0.2) is 0 Å². The van der Waals surface area contributed by atoms with Crippen molar-refractivity contribution in [1.82, 2.24) is 4.98 Å². The van der Waals surface area contributed by atoms with E-state index in [2.05, 4.69) is 31.2 Å². The van der Waals surface area contributed by atoms with Gasteiger partial charge in [-0.15, -0.1) is 0 Å². The first-order valence-corrected chi connectivity index (χ1v) is 8.55. The topological polar surface area (TPSA) is 30.0 Å². The SMILES string of the molecule is CC(=O)SC(C)CCCCCc1ccc2ccccc2n1. The molecule has 2 nitrogen and oxygen atoms in total. The molecule has 1 aromatic carbocycles. The highest BCUT2D eigenvalue weighted by Crippen LogP contribution is 2.18. The van der Waals surface area contributed by atoms with Gasteiger partial charge < -0.3 is 0 Å². The number of para-hydroxylation sites is 1. The third-order valence-electron chi connectivity index (χ3n) is 3.57. The van der Waals surface area contributed by atoms with Crippen molar-refractivity contribution in [3.05, 3.63) is 42.1 Å². The van der Waals surface area contributed by atoms with Gasteiger partial charge in [0, 0.05) is 23.3 Å². The molecule has 21 heavy (non-hydrogen) atoms. The second-order valence-corrected chi connectivity index (χ2v) is 7.13. The van der Waals surface area contributed by atoms with Gasteiger partial charge >= 0.3 is 0 Å². The second-order valence-electron chi connectivity index (χ2n) is 5.51. The normalized spacial score (nSPS) is 12.5. The third kappa shape index (κ3) is 5.50. The lowest BCUT2D eigenvalue weighted by molar-refractivity contribution is -0.109. The van der Waals surface area contributed by atoms with E-state index in [-0.39, 0.29) is 5.12 Å². The van der Waals surface area contributed by atoms with Crippen LogP contribution in [0.1, 0.15) is 45.2 Å². The Hall–Kier alpha value is -1.35. The Morgan fingerprint density at radius 1 is 1.14 bits per heavy atom. The van der Waals surface area contributed by atoms with Crippen LogP contribution in [0.3, 0.4) is 0 Å². The van der Waals surface area contributed by atoms with E-state index in [1.54, 1.807) is 6.92 Å². The van der Waals surface area contributed by atoms with Crippen LogP contribution in [0.5, 0.6) is 0 Å². The van der Waals surface area contributed by atoms with Crippen LogP contribution in [0.25, 0.3) is 10.9 Å². The van der Waals surface area contributed by atoms with Crippen molar-refractivity contribution in [1.29, 1.82) is 0 Å². The second kappa shape index (κ2) is 8.18. The maximum atomic E-state index is 11.0. The first-order valence-electron chi connectivity index (χ1n) is 7.67. The molecule has 0 amide bonds. The maximum absolute atomic E-state index is 11.0. The summed E-state index contributed by atoms with van der Waals surface area (Å²) in [6.07, 6.45) is 5.73. The van der Waals surface area contributed by atoms with E-state index in [1.807, 2.05) is 12.1 Å². The zero-order valence-electron chi connectivity index (χ0n) is 12.8. The number of rotatable bonds is 7. The number of aromatic nitrogens is 1. The van der Waals surface area contributed by atoms with Gasteiger partial charge in [-0.1, -0.05) is 55.8 Å². The number of pyridine rings is 1. The minimum atomic E-state index is 0.225. The molecule has 112 valence electrons. The van der Waals surface area contributed by atoms with Crippen LogP contribution in [0.2, 0.25) is 0 Å². The third-order valence-corrected chi connectivity index (χ3v) is 4.54. The van der Waals surface area contributed by atoms with Crippen molar-refractivity contribution in [2.24, 2.45) is 0 Å². The standard InChI is InChI=1S/C18H23NOS/c1-14(21-15(2)20)8-4-3-5-10-17-13-12-16-9-6-7-11-18(16)19-17/h6-7,9,11-14H,3-5,8,10H2,1-2H3. The van der Waals surface area contributed by atoms with Crippen molar-refractivity contribution in [3.63, 3.8) is 0 Å². The highest BCUT2D eigenvalue weighted by molar-refractivity contribution is 8.14. The number of nitrogens with zero attached hydrogens (tertiary/aromatic N) is 1. The molecule has 0 radical (unpaired) electrons. The summed E-state index contributed by atoms with van der Waals surface area (Å²) in [6, 6.07) is 12.5. The van der Waals surface area contributed by atoms with Crippen molar-refractivity contribution in [2.75, 3.05) is 0 Å². The average Bonchev–Trinajstić information content (AvgIpc) is 2.46. The summed E-state index contributed by atoms with van der Waals surface area (Å²) in [5.41, 5.74) is 2.27. The number of unbranched alkanes of at least 4 members (excludes halogenated alkanes) is 2. The van der Waals surface area contributed by atoms with E-state index in [4.69, 9.17) is 4.98 Å². The fraction of sp³-hybridized carbons (Fsp3) is 0.444. The molecule has 0 spiro atoms. The Labute approximate surface area is 131 Å². The molecule has 1 aromatic heterocycles. The number of hydrogen-bond acceptors (Lipinski definition) is 3. The summed E-state index contributed by atoms with van der Waals surface area (Å²) in [4.78, 5) is 15.7. The molecule has 2 aromatic rings. The quantitative estimate of drug-likeness (QED) is 0.674. The van der Waals surface area contributed by atoms with Crippen molar-refractivity contribution < 1.29 is 4.79 Å². The highest BCUT2D eigenvalue weighted by atomic mass is 32.2. The van der Waals surface area contributed by atoms with Crippen LogP contribution in [0.4, 0.5) is 0 Å². The zero-order valence-corrected chi connectivity index (χ0v) is 13.7. The van der Waals surface area contributed by atoms with Gasteiger partial charge in [-0.05, 0) is 31.4 Å². The molecule has 0 saturated heterocycles. The molecule has 0 aliphatic rings. The van der Waals surface area contributed by atoms with E-state index < -0.39 is 0 Å². The Morgan fingerprint density at radius 3 is 2.76 bits per heavy atom. The summed E-state index contributed by atoms with van der Waals surface area (Å²) in [7, 11) is 0. The van der Waals surface area contributed by atoms with Gasteiger partial charge in [0.1, 0.15) is 0 Å². The fourth-order valence-corrected chi connectivity index (χ4v) is 3.36. The summed E-state index contributed by atoms with van der Waals surface area (Å²) in [5, 5.41) is 1.88. The maximum Gasteiger partial charge on any atom is 0.186 e. The number of carbonyl (C=O) groups excluding carboxylic acids is 1. The van der Waals surface area contributed by atoms with E-state index in [1.165, 1.54) is 42.1 Å². The van der Waals surface area contributed by atoms with Crippen molar-refractivity contribution >= 4 is 27.8 Å². The van der Waals surface area contributed by atoms with E-state index >= 15 is 0 Å². The summed E-state index contributed by atoms with van der Waals surface area (Å²) in [5.74, 6) is 0. The molecular formula is C18H23NOS. The Balaban J connectivity index is 1.71. The summed E-state index contributed by atoms with van der Waals surface area (Å²) >= 11 is 1.46. The number of benzene rings is 1. The van der Waals surface area contributed by atoms with Gasteiger partial charge in [-0.2, -0.15) is 0 Å². The van der Waals surface area contributed by atoms with Gasteiger partial charge in [-0.3, -0.25) is 9.78 Å². The van der Waals surface area contributed by atoms with Gasteiger partial charge in [0.2, 0.25) is 0 Å². The van der Waals surface area contributed by atoms with Crippen molar-refractivity contribution in [2.45, 2.75) is 51.2 Å². The molecule has 0 fully saturated rings. The van der Waals surface area contributed by atoms with Gasteiger partial charge in [0.15, 0.2) is 5.12 Å². The number of carbonyl (C=O) groups is 1. The van der Waals surface area contributed by atoms with Gasteiger partial charge in [0.25, 0.3) is 0 Å². The molecule has 3 heteroatoms. The molecule has 0 saturated carbocycles. The molecule has 0 aliphatic heterocycles. The first kappa shape index (κ1) is 16.0. The Kier molecular flexibility index (Phi) is 6.24. The molecule has 0 bridgehead atoms. The van der Waals surface area contributed by atoms with Crippen molar-refractivity contribution in [3.8, 4) is 0 Å². The molecular weight excluding hydrogens is 278 g/mol. The lowest BCUT2D eigenvalue weighted by Crippen LogP contribution is -1.99. The van der Waals surface area contributed by atoms with E-state index in [0.29, 0.717) is 5.25 Å². The predicted molar refractivity (Wildman–Crippen MR) is 91.6 cm³/mol. The zero-order chi connectivity index (χ0) is 15.1. The molecule has 1 unspecified atom stereocenters. The first-order chi connectivity index (χ1) is 10.1. The lowest BCUT2D eigenvalue weighted by atomic mass is 10.1. The van der Waals surface area contributed by atoms with Crippen LogP contribution < -0.4 is 0 Å². The van der Waals surface area contributed by atoms with E-state index in [0.717, 1.165) is 18.4 Å².